The molecule has 0 saturated carbocycles. The molecule has 3 aromatic rings. The molecule has 6 nitrogen and oxygen atoms in total. The molecule has 0 bridgehead atoms. The fourth-order valence-corrected chi connectivity index (χ4v) is 3.91. The number of aromatic nitrogens is 2. The van der Waals surface area contributed by atoms with Crippen LogP contribution in [0.4, 0.5) is 0 Å². The second-order valence-corrected chi connectivity index (χ2v) is 7.24. The molecular formula is C20H21ClN4O2. The average Bonchev–Trinajstić information content (AvgIpc) is 3.06. The highest BCUT2D eigenvalue weighted by Gasteiger charge is 2.32. The first-order valence-electron chi connectivity index (χ1n) is 8.97. The molecule has 0 spiro atoms. The summed E-state index contributed by atoms with van der Waals surface area (Å²) in [6.07, 6.45) is 3.59. The van der Waals surface area contributed by atoms with Crippen molar-refractivity contribution in [3.05, 3.63) is 65.1 Å². The van der Waals surface area contributed by atoms with Crippen molar-refractivity contribution >= 4 is 28.5 Å². The van der Waals surface area contributed by atoms with E-state index in [1.807, 2.05) is 35.2 Å². The van der Waals surface area contributed by atoms with Gasteiger partial charge in [-0.25, -0.2) is 0 Å². The van der Waals surface area contributed by atoms with Crippen LogP contribution in [0.25, 0.3) is 10.9 Å². The van der Waals surface area contributed by atoms with Crippen molar-refractivity contribution in [2.24, 2.45) is 0 Å². The van der Waals surface area contributed by atoms with Crippen LogP contribution in [0.15, 0.2) is 48.8 Å². The summed E-state index contributed by atoms with van der Waals surface area (Å²) in [5, 5.41) is 11.4. The normalized spacial score (nSPS) is 17.2. The minimum absolute atomic E-state index is 0.630. The van der Waals surface area contributed by atoms with E-state index in [0.29, 0.717) is 18.1 Å². The molecule has 27 heavy (non-hydrogen) atoms. The van der Waals surface area contributed by atoms with Crippen LogP contribution < -0.4 is 0 Å². The van der Waals surface area contributed by atoms with Gasteiger partial charge in [-0.15, -0.1) is 0 Å². The number of rotatable bonds is 5. The number of aliphatic carboxylic acids is 1. The Morgan fingerprint density at radius 1 is 1.22 bits per heavy atom. The van der Waals surface area contributed by atoms with Gasteiger partial charge >= 0.3 is 5.97 Å². The Bertz CT molecular complexity index is 936. The van der Waals surface area contributed by atoms with E-state index in [9.17, 15) is 9.90 Å². The second-order valence-electron chi connectivity index (χ2n) is 6.81. The molecular weight excluding hydrogens is 364 g/mol. The van der Waals surface area contributed by atoms with Gasteiger partial charge in [0.05, 0.1) is 5.69 Å². The highest BCUT2D eigenvalue weighted by molar-refractivity contribution is 6.31. The molecule has 2 N–H and O–H groups in total. The summed E-state index contributed by atoms with van der Waals surface area (Å²) in [5.74, 6) is -0.830. The second kappa shape index (κ2) is 7.68. The smallest absolute Gasteiger partial charge is 0.325 e. The molecule has 1 atom stereocenters. The number of halogens is 1. The third kappa shape index (κ3) is 3.83. The third-order valence-electron chi connectivity index (χ3n) is 5.09. The Kier molecular flexibility index (Phi) is 5.11. The quantitative estimate of drug-likeness (QED) is 0.707. The van der Waals surface area contributed by atoms with Crippen LogP contribution in [0.3, 0.4) is 0 Å². The van der Waals surface area contributed by atoms with Crippen molar-refractivity contribution in [2.45, 2.75) is 12.6 Å². The fourth-order valence-electron chi connectivity index (χ4n) is 3.73. The molecule has 0 radical (unpaired) electrons. The Balaban J connectivity index is 1.49. The van der Waals surface area contributed by atoms with E-state index in [0.717, 1.165) is 41.8 Å². The first-order chi connectivity index (χ1) is 13.1. The van der Waals surface area contributed by atoms with Crippen LogP contribution in [-0.2, 0) is 11.3 Å². The number of hydrogen-bond donors (Lipinski definition) is 2. The number of nitrogens with one attached hydrogen (secondary N) is 1. The highest BCUT2D eigenvalue weighted by Crippen LogP contribution is 2.31. The lowest BCUT2D eigenvalue weighted by Crippen LogP contribution is -2.48. The van der Waals surface area contributed by atoms with Crippen molar-refractivity contribution < 1.29 is 9.90 Å². The van der Waals surface area contributed by atoms with E-state index in [-0.39, 0.29) is 0 Å². The fraction of sp³-hybridized carbons (Fsp3) is 0.300. The average molecular weight is 385 g/mol. The van der Waals surface area contributed by atoms with E-state index >= 15 is 0 Å². The summed E-state index contributed by atoms with van der Waals surface area (Å²) in [6, 6.07) is 10.8. The Morgan fingerprint density at radius 3 is 2.74 bits per heavy atom. The van der Waals surface area contributed by atoms with E-state index in [4.69, 9.17) is 11.6 Å². The molecule has 0 aliphatic carbocycles. The molecule has 1 aliphatic rings. The number of fused-ring (bicyclic) bond motifs is 1. The molecule has 1 unspecified atom stereocenters. The van der Waals surface area contributed by atoms with E-state index in [2.05, 4.69) is 14.9 Å². The minimum Gasteiger partial charge on any atom is -0.480 e. The number of piperazine rings is 1. The van der Waals surface area contributed by atoms with Crippen LogP contribution in [0.1, 0.15) is 17.3 Å². The number of carboxylic acids is 1. The lowest BCUT2D eigenvalue weighted by Gasteiger charge is -2.37. The summed E-state index contributed by atoms with van der Waals surface area (Å²) >= 11 is 6.04. The first-order valence-corrected chi connectivity index (χ1v) is 9.35. The van der Waals surface area contributed by atoms with Gasteiger partial charge in [0.15, 0.2) is 0 Å². The van der Waals surface area contributed by atoms with Gasteiger partial charge in [0, 0.05) is 66.6 Å². The van der Waals surface area contributed by atoms with Crippen molar-refractivity contribution in [3.8, 4) is 0 Å². The predicted molar refractivity (Wildman–Crippen MR) is 105 cm³/mol. The number of nitrogens with zero attached hydrogens (tertiary/aromatic N) is 3. The van der Waals surface area contributed by atoms with Gasteiger partial charge in [0.1, 0.15) is 6.04 Å². The maximum atomic E-state index is 12.1. The zero-order chi connectivity index (χ0) is 18.8. The molecule has 1 aliphatic heterocycles. The molecule has 1 fully saturated rings. The number of carbonyl (C=O) groups is 1. The topological polar surface area (TPSA) is 72.5 Å². The number of carboxylic acid groups (broad SMARTS) is 1. The van der Waals surface area contributed by atoms with Crippen LogP contribution in [-0.4, -0.2) is 57.0 Å². The van der Waals surface area contributed by atoms with Crippen molar-refractivity contribution in [3.63, 3.8) is 0 Å². The van der Waals surface area contributed by atoms with Gasteiger partial charge in [0.25, 0.3) is 0 Å². The van der Waals surface area contributed by atoms with E-state index in [1.54, 1.807) is 18.5 Å². The van der Waals surface area contributed by atoms with Gasteiger partial charge in [-0.2, -0.15) is 0 Å². The van der Waals surface area contributed by atoms with E-state index < -0.39 is 12.0 Å². The van der Waals surface area contributed by atoms with Crippen molar-refractivity contribution in [2.75, 3.05) is 26.2 Å². The maximum absolute atomic E-state index is 12.1. The van der Waals surface area contributed by atoms with Crippen LogP contribution >= 0.6 is 11.6 Å². The molecule has 1 saturated heterocycles. The highest BCUT2D eigenvalue weighted by atomic mass is 35.5. The maximum Gasteiger partial charge on any atom is 0.325 e. The SMILES string of the molecule is O=C(O)C(c1c[nH]c2cc(Cl)ccc12)N1CCN(Cc2ccccn2)CC1. The zero-order valence-corrected chi connectivity index (χ0v) is 15.6. The molecule has 0 amide bonds. The van der Waals surface area contributed by atoms with Gasteiger partial charge < -0.3 is 10.1 Å². The van der Waals surface area contributed by atoms with Crippen LogP contribution in [0.2, 0.25) is 5.02 Å². The zero-order valence-electron chi connectivity index (χ0n) is 14.8. The Morgan fingerprint density at radius 2 is 2.04 bits per heavy atom. The molecule has 3 heterocycles. The summed E-state index contributed by atoms with van der Waals surface area (Å²) in [5.41, 5.74) is 2.68. The number of H-pyrrole nitrogens is 1. The van der Waals surface area contributed by atoms with Gasteiger partial charge in [-0.3, -0.25) is 19.6 Å². The van der Waals surface area contributed by atoms with Gasteiger partial charge in [0.2, 0.25) is 0 Å². The number of pyridine rings is 1. The number of benzene rings is 1. The standard InChI is InChI=1S/C20H21ClN4O2/c21-14-4-5-16-17(12-23-18(16)11-14)19(20(26)27)25-9-7-24(8-10-25)13-15-3-1-2-6-22-15/h1-6,11-12,19,23H,7-10,13H2,(H,26,27). The van der Waals surface area contributed by atoms with Gasteiger partial charge in [-0.1, -0.05) is 23.7 Å². The molecule has 2 aromatic heterocycles. The Labute approximate surface area is 162 Å². The lowest BCUT2D eigenvalue weighted by atomic mass is 10.0. The van der Waals surface area contributed by atoms with Crippen molar-refractivity contribution in [1.29, 1.82) is 0 Å². The first kappa shape index (κ1) is 18.0. The Hall–Kier alpha value is -2.41. The largest absolute Gasteiger partial charge is 0.480 e. The van der Waals surface area contributed by atoms with Crippen LogP contribution in [0, 0.1) is 0 Å². The summed E-state index contributed by atoms with van der Waals surface area (Å²) in [6.45, 7) is 3.81. The van der Waals surface area contributed by atoms with E-state index in [1.165, 1.54) is 0 Å². The molecule has 7 heteroatoms. The third-order valence-corrected chi connectivity index (χ3v) is 5.32. The monoisotopic (exact) mass is 384 g/mol. The summed E-state index contributed by atoms with van der Waals surface area (Å²) in [4.78, 5) is 23.9. The molecule has 1 aromatic carbocycles. The lowest BCUT2D eigenvalue weighted by molar-refractivity contribution is -0.144. The summed E-state index contributed by atoms with van der Waals surface area (Å²) in [7, 11) is 0. The summed E-state index contributed by atoms with van der Waals surface area (Å²) < 4.78 is 0. The molecule has 140 valence electrons. The minimum atomic E-state index is -0.830. The predicted octanol–water partition coefficient (Wildman–Crippen LogP) is 3.16. The van der Waals surface area contributed by atoms with Crippen molar-refractivity contribution in [1.82, 2.24) is 19.8 Å². The number of hydrogen-bond acceptors (Lipinski definition) is 4. The molecule has 4 rings (SSSR count). The number of aromatic amines is 1. The van der Waals surface area contributed by atoms with Gasteiger partial charge in [-0.05, 0) is 24.3 Å². The van der Waals surface area contributed by atoms with Crippen LogP contribution in [0.5, 0.6) is 0 Å².